The molecule has 4 nitrogen and oxygen atoms in total. The highest BCUT2D eigenvalue weighted by atomic mass is 35.5. The van der Waals surface area contributed by atoms with Crippen LogP contribution in [-0.4, -0.2) is 24.6 Å². The topological polar surface area (TPSA) is 64.3 Å². The van der Waals surface area contributed by atoms with Gasteiger partial charge in [-0.05, 0) is 62.8 Å². The molecule has 0 heterocycles. The third-order valence-electron chi connectivity index (χ3n) is 4.18. The molecule has 3 N–H and O–H groups in total. The van der Waals surface area contributed by atoms with E-state index in [1.54, 1.807) is 0 Å². The van der Waals surface area contributed by atoms with Crippen molar-refractivity contribution in [3.63, 3.8) is 0 Å². The summed E-state index contributed by atoms with van der Waals surface area (Å²) in [6, 6.07) is 5.83. The van der Waals surface area contributed by atoms with Crippen LogP contribution in [0.25, 0.3) is 0 Å². The zero-order chi connectivity index (χ0) is 14.8. The Kier molecular flexibility index (Phi) is 6.05. The number of hydrogen-bond acceptors (Lipinski definition) is 3. The number of nitrogens with one attached hydrogen (secondary N) is 1. The zero-order valence-corrected chi connectivity index (χ0v) is 13.8. The van der Waals surface area contributed by atoms with Gasteiger partial charge < -0.3 is 15.8 Å². The summed E-state index contributed by atoms with van der Waals surface area (Å²) in [5.74, 6) is 1.13. The molecule has 21 heavy (non-hydrogen) atoms. The predicted molar refractivity (Wildman–Crippen MR) is 87.0 cm³/mol. The smallest absolute Gasteiger partial charge is 0.258 e. The molecule has 1 atom stereocenters. The number of hydrogen-bond donors (Lipinski definition) is 2. The minimum atomic E-state index is -0.288. The lowest BCUT2D eigenvalue weighted by Gasteiger charge is -2.29. The minimum Gasteiger partial charge on any atom is -0.484 e. The van der Waals surface area contributed by atoms with Gasteiger partial charge in [0.2, 0.25) is 0 Å². The number of amides is 1. The van der Waals surface area contributed by atoms with Gasteiger partial charge in [0.1, 0.15) is 5.75 Å². The maximum atomic E-state index is 12.0. The molecule has 0 aromatic heterocycles. The van der Waals surface area contributed by atoms with Crippen molar-refractivity contribution in [3.05, 3.63) is 29.3 Å². The summed E-state index contributed by atoms with van der Waals surface area (Å²) in [5, 5.41) is 3.01. The second kappa shape index (κ2) is 7.14. The Hall–Kier alpha value is -1.26. The van der Waals surface area contributed by atoms with Gasteiger partial charge in [-0.15, -0.1) is 12.4 Å². The van der Waals surface area contributed by atoms with Gasteiger partial charge in [0.05, 0.1) is 5.54 Å². The summed E-state index contributed by atoms with van der Waals surface area (Å²) in [4.78, 5) is 12.0. The van der Waals surface area contributed by atoms with Crippen molar-refractivity contribution in [2.24, 2.45) is 11.7 Å². The first-order valence-electron chi connectivity index (χ1n) is 7.16. The molecule has 2 rings (SSSR count). The third-order valence-corrected chi connectivity index (χ3v) is 4.18. The van der Waals surface area contributed by atoms with Crippen LogP contribution in [0.3, 0.4) is 0 Å². The summed E-state index contributed by atoms with van der Waals surface area (Å²) >= 11 is 0. The molecule has 0 bridgehead atoms. The number of ether oxygens (including phenoxy) is 1. The Morgan fingerprint density at radius 3 is 2.57 bits per heavy atom. The normalized spacial score (nSPS) is 16.6. The molecule has 1 aromatic carbocycles. The number of nitrogens with two attached hydrogens (primary N) is 1. The first-order chi connectivity index (χ1) is 9.44. The standard InChI is InChI=1S/C16H24N2O2.ClH/c1-11-4-7-14(8-12(11)2)20-9-15(19)18-16(3,10-17)13-5-6-13;/h4,7-8,13H,5-6,9-10,17H2,1-3H3,(H,18,19);1H. The van der Waals surface area contributed by atoms with Gasteiger partial charge in [-0.2, -0.15) is 0 Å². The van der Waals surface area contributed by atoms with Crippen LogP contribution in [0.15, 0.2) is 18.2 Å². The number of carbonyl (C=O) groups excluding carboxylic acids is 1. The monoisotopic (exact) mass is 312 g/mol. The fraction of sp³-hybridized carbons (Fsp3) is 0.562. The molecular weight excluding hydrogens is 288 g/mol. The molecule has 1 aliphatic rings. The maximum Gasteiger partial charge on any atom is 0.258 e. The SMILES string of the molecule is Cc1ccc(OCC(=O)NC(C)(CN)C2CC2)cc1C.Cl. The van der Waals surface area contributed by atoms with Crippen LogP contribution >= 0.6 is 12.4 Å². The van der Waals surface area contributed by atoms with E-state index < -0.39 is 0 Å². The van der Waals surface area contributed by atoms with Crippen LogP contribution in [0.1, 0.15) is 30.9 Å². The van der Waals surface area contributed by atoms with Crippen molar-refractivity contribution >= 4 is 18.3 Å². The highest BCUT2D eigenvalue weighted by Crippen LogP contribution is 2.38. The Morgan fingerprint density at radius 2 is 2.05 bits per heavy atom. The minimum absolute atomic E-state index is 0. The quantitative estimate of drug-likeness (QED) is 0.847. The van der Waals surface area contributed by atoms with Crippen LogP contribution in [0.5, 0.6) is 5.75 Å². The second-order valence-corrected chi connectivity index (χ2v) is 5.98. The largest absolute Gasteiger partial charge is 0.484 e. The van der Waals surface area contributed by atoms with Gasteiger partial charge in [-0.1, -0.05) is 6.07 Å². The lowest BCUT2D eigenvalue weighted by Crippen LogP contribution is -2.54. The van der Waals surface area contributed by atoms with Crippen molar-refractivity contribution < 1.29 is 9.53 Å². The van der Waals surface area contributed by atoms with Crippen LogP contribution in [0.2, 0.25) is 0 Å². The fourth-order valence-corrected chi connectivity index (χ4v) is 2.35. The zero-order valence-electron chi connectivity index (χ0n) is 12.9. The van der Waals surface area contributed by atoms with Crippen molar-refractivity contribution in [3.8, 4) is 5.75 Å². The van der Waals surface area contributed by atoms with Gasteiger partial charge >= 0.3 is 0 Å². The van der Waals surface area contributed by atoms with E-state index in [9.17, 15) is 4.79 Å². The van der Waals surface area contributed by atoms with E-state index in [1.165, 1.54) is 5.56 Å². The Bertz CT molecular complexity index is 503. The van der Waals surface area contributed by atoms with E-state index in [-0.39, 0.29) is 30.5 Å². The lowest BCUT2D eigenvalue weighted by molar-refractivity contribution is -0.125. The Labute approximate surface area is 132 Å². The molecule has 1 aromatic rings. The summed E-state index contributed by atoms with van der Waals surface area (Å²) in [6.45, 7) is 6.59. The number of halogens is 1. The lowest BCUT2D eigenvalue weighted by atomic mass is 9.96. The van der Waals surface area contributed by atoms with E-state index in [1.807, 2.05) is 39.0 Å². The van der Waals surface area contributed by atoms with E-state index in [2.05, 4.69) is 5.32 Å². The van der Waals surface area contributed by atoms with Gasteiger partial charge in [-0.3, -0.25) is 4.79 Å². The molecule has 118 valence electrons. The molecule has 1 unspecified atom stereocenters. The molecule has 0 saturated heterocycles. The van der Waals surface area contributed by atoms with Crippen molar-refractivity contribution in [1.29, 1.82) is 0 Å². The van der Waals surface area contributed by atoms with Crippen LogP contribution in [0.4, 0.5) is 0 Å². The van der Waals surface area contributed by atoms with Gasteiger partial charge in [0.15, 0.2) is 6.61 Å². The summed E-state index contributed by atoms with van der Waals surface area (Å²) < 4.78 is 5.54. The maximum absolute atomic E-state index is 12.0. The average molecular weight is 313 g/mol. The molecule has 1 saturated carbocycles. The van der Waals surface area contributed by atoms with E-state index in [4.69, 9.17) is 10.5 Å². The Balaban J connectivity index is 0.00000220. The highest BCUT2D eigenvalue weighted by Gasteiger charge is 2.41. The predicted octanol–water partition coefficient (Wildman–Crippen LogP) is 2.35. The first kappa shape index (κ1) is 17.8. The molecule has 0 radical (unpaired) electrons. The van der Waals surface area contributed by atoms with Gasteiger partial charge in [0, 0.05) is 6.54 Å². The molecule has 1 amide bonds. The van der Waals surface area contributed by atoms with Crippen LogP contribution in [0, 0.1) is 19.8 Å². The first-order valence-corrected chi connectivity index (χ1v) is 7.16. The third kappa shape index (κ3) is 4.61. The van der Waals surface area contributed by atoms with E-state index >= 15 is 0 Å². The highest BCUT2D eigenvalue weighted by molar-refractivity contribution is 5.85. The fourth-order valence-electron chi connectivity index (χ4n) is 2.35. The summed E-state index contributed by atoms with van der Waals surface area (Å²) in [5.41, 5.74) is 7.87. The number of carbonyl (C=O) groups is 1. The second-order valence-electron chi connectivity index (χ2n) is 5.98. The van der Waals surface area contributed by atoms with E-state index in [0.29, 0.717) is 12.5 Å². The molecular formula is C16H25ClN2O2. The van der Waals surface area contributed by atoms with Crippen molar-refractivity contribution in [2.45, 2.75) is 39.2 Å². The molecule has 5 heteroatoms. The number of benzene rings is 1. The molecule has 0 aliphatic heterocycles. The summed E-state index contributed by atoms with van der Waals surface area (Å²) in [6.07, 6.45) is 2.29. The summed E-state index contributed by atoms with van der Waals surface area (Å²) in [7, 11) is 0. The number of aryl methyl sites for hydroxylation is 2. The number of rotatable bonds is 6. The van der Waals surface area contributed by atoms with Crippen molar-refractivity contribution in [1.82, 2.24) is 5.32 Å². The molecule has 1 fully saturated rings. The van der Waals surface area contributed by atoms with Gasteiger partial charge in [-0.25, -0.2) is 0 Å². The molecule has 0 spiro atoms. The van der Waals surface area contributed by atoms with E-state index in [0.717, 1.165) is 24.2 Å². The van der Waals surface area contributed by atoms with Gasteiger partial charge in [0.25, 0.3) is 5.91 Å². The van der Waals surface area contributed by atoms with Crippen LogP contribution < -0.4 is 15.8 Å². The Morgan fingerprint density at radius 1 is 1.38 bits per heavy atom. The average Bonchev–Trinajstić information content (AvgIpc) is 3.25. The molecule has 1 aliphatic carbocycles. The van der Waals surface area contributed by atoms with Crippen molar-refractivity contribution in [2.75, 3.05) is 13.2 Å². The van der Waals surface area contributed by atoms with Crippen LogP contribution in [-0.2, 0) is 4.79 Å².